The van der Waals surface area contributed by atoms with Crippen LogP contribution in [0.3, 0.4) is 0 Å². The van der Waals surface area contributed by atoms with Gasteiger partial charge in [-0.2, -0.15) is 5.10 Å². The van der Waals surface area contributed by atoms with Gasteiger partial charge in [0.1, 0.15) is 12.7 Å². The van der Waals surface area contributed by atoms with Gasteiger partial charge in [-0.05, 0) is 50.2 Å². The minimum absolute atomic E-state index is 0.0406. The monoisotopic (exact) mass is 393 g/mol. The fourth-order valence-corrected chi connectivity index (χ4v) is 4.95. The molecule has 2 amide bonds. The summed E-state index contributed by atoms with van der Waals surface area (Å²) >= 11 is 0. The van der Waals surface area contributed by atoms with Gasteiger partial charge in [-0.3, -0.25) is 9.59 Å². The van der Waals surface area contributed by atoms with Crippen LogP contribution in [0.2, 0.25) is 0 Å². The topological polar surface area (TPSA) is 71.3 Å². The number of carbonyl (C=O) groups is 2. The standard InChI is InChI=1S/C22H27N5O2/c28-20-8-10-22(14-26(20)12-17-6-7-17)9-3-11-25(13-22)21(29)18-4-1-2-5-19(18)27-16-23-15-24-27/h1-2,4-5,15-17H,3,6-14H2/t22-/m0/s1. The first-order valence-electron chi connectivity index (χ1n) is 10.6. The van der Waals surface area contributed by atoms with Crippen molar-refractivity contribution in [1.82, 2.24) is 24.6 Å². The van der Waals surface area contributed by atoms with E-state index in [1.807, 2.05) is 29.2 Å². The largest absolute Gasteiger partial charge is 0.342 e. The molecule has 3 aliphatic rings. The molecule has 2 aliphatic heterocycles. The molecule has 0 radical (unpaired) electrons. The fraction of sp³-hybridized carbons (Fsp3) is 0.545. The maximum atomic E-state index is 13.5. The van der Waals surface area contributed by atoms with Gasteiger partial charge in [-0.1, -0.05) is 12.1 Å². The summed E-state index contributed by atoms with van der Waals surface area (Å²) < 4.78 is 1.64. The Bertz CT molecular complexity index is 908. The number of hydrogen-bond acceptors (Lipinski definition) is 4. The molecule has 0 unspecified atom stereocenters. The first kappa shape index (κ1) is 18.3. The van der Waals surface area contributed by atoms with Crippen molar-refractivity contribution >= 4 is 11.8 Å². The molecule has 1 aliphatic carbocycles. The van der Waals surface area contributed by atoms with Gasteiger partial charge in [0.05, 0.1) is 11.3 Å². The predicted octanol–water partition coefficient (Wildman–Crippen LogP) is 2.52. The number of nitrogens with zero attached hydrogens (tertiary/aromatic N) is 5. The van der Waals surface area contributed by atoms with E-state index >= 15 is 0 Å². The SMILES string of the molecule is O=C1CC[C@]2(CCCN(C(=O)c3ccccc3-n3cncn3)C2)CN1CC1CC1. The predicted molar refractivity (Wildman–Crippen MR) is 107 cm³/mol. The van der Waals surface area contributed by atoms with Crippen LogP contribution >= 0.6 is 0 Å². The summed E-state index contributed by atoms with van der Waals surface area (Å²) in [6, 6.07) is 7.57. The van der Waals surface area contributed by atoms with Crippen molar-refractivity contribution in [3.05, 3.63) is 42.5 Å². The number of benzene rings is 1. The Morgan fingerprint density at radius 3 is 2.83 bits per heavy atom. The zero-order valence-corrected chi connectivity index (χ0v) is 16.7. The van der Waals surface area contributed by atoms with E-state index in [1.165, 1.54) is 19.2 Å². The van der Waals surface area contributed by atoms with E-state index < -0.39 is 0 Å². The zero-order chi connectivity index (χ0) is 19.8. The van der Waals surface area contributed by atoms with E-state index in [1.54, 1.807) is 11.0 Å². The van der Waals surface area contributed by atoms with Gasteiger partial charge >= 0.3 is 0 Å². The van der Waals surface area contributed by atoms with Crippen LogP contribution in [0.4, 0.5) is 0 Å². The average Bonchev–Trinajstić information content (AvgIpc) is 3.39. The molecule has 2 aromatic rings. The molecule has 5 rings (SSSR count). The van der Waals surface area contributed by atoms with Crippen LogP contribution in [0.25, 0.3) is 5.69 Å². The second-order valence-corrected chi connectivity index (χ2v) is 8.91. The quantitative estimate of drug-likeness (QED) is 0.800. The molecule has 3 fully saturated rings. The first-order chi connectivity index (χ1) is 14.1. The summed E-state index contributed by atoms with van der Waals surface area (Å²) in [5.41, 5.74) is 1.44. The van der Waals surface area contributed by atoms with E-state index in [0.29, 0.717) is 23.8 Å². The maximum Gasteiger partial charge on any atom is 0.256 e. The average molecular weight is 393 g/mol. The molecule has 1 saturated carbocycles. The van der Waals surface area contributed by atoms with Gasteiger partial charge in [0.15, 0.2) is 0 Å². The van der Waals surface area contributed by atoms with E-state index in [0.717, 1.165) is 51.1 Å². The van der Waals surface area contributed by atoms with Crippen LogP contribution < -0.4 is 0 Å². The van der Waals surface area contributed by atoms with Crippen LogP contribution in [-0.2, 0) is 4.79 Å². The van der Waals surface area contributed by atoms with Crippen LogP contribution in [0.1, 0.15) is 48.9 Å². The van der Waals surface area contributed by atoms with Gasteiger partial charge in [0.25, 0.3) is 5.91 Å². The minimum atomic E-state index is 0.0406. The second-order valence-electron chi connectivity index (χ2n) is 8.91. The summed E-state index contributed by atoms with van der Waals surface area (Å²) in [5.74, 6) is 1.04. The summed E-state index contributed by atoms with van der Waals surface area (Å²) in [7, 11) is 0. The Morgan fingerprint density at radius 1 is 1.17 bits per heavy atom. The highest BCUT2D eigenvalue weighted by Gasteiger charge is 2.44. The lowest BCUT2D eigenvalue weighted by molar-refractivity contribution is -0.139. The number of para-hydroxylation sites is 1. The van der Waals surface area contributed by atoms with E-state index in [4.69, 9.17) is 0 Å². The van der Waals surface area contributed by atoms with E-state index in [-0.39, 0.29) is 11.3 Å². The molecule has 7 nitrogen and oxygen atoms in total. The normalized spacial score (nSPS) is 24.9. The number of carbonyl (C=O) groups excluding carboxylic acids is 2. The van der Waals surface area contributed by atoms with Crippen molar-refractivity contribution in [2.75, 3.05) is 26.2 Å². The van der Waals surface area contributed by atoms with Crippen molar-refractivity contribution in [2.45, 2.75) is 38.5 Å². The summed E-state index contributed by atoms with van der Waals surface area (Å²) in [6.07, 6.45) is 9.18. The van der Waals surface area contributed by atoms with Crippen molar-refractivity contribution in [3.8, 4) is 5.69 Å². The molecule has 1 atom stereocenters. The Morgan fingerprint density at radius 2 is 2.03 bits per heavy atom. The van der Waals surface area contributed by atoms with Crippen molar-refractivity contribution in [2.24, 2.45) is 11.3 Å². The van der Waals surface area contributed by atoms with Crippen molar-refractivity contribution < 1.29 is 9.59 Å². The molecule has 1 spiro atoms. The Labute approximate surface area is 170 Å². The number of likely N-dealkylation sites (tertiary alicyclic amines) is 2. The lowest BCUT2D eigenvalue weighted by atomic mass is 9.73. The Hall–Kier alpha value is -2.70. The minimum Gasteiger partial charge on any atom is -0.342 e. The first-order valence-corrected chi connectivity index (χ1v) is 10.6. The van der Waals surface area contributed by atoms with Crippen LogP contribution in [-0.4, -0.2) is 62.6 Å². The number of rotatable bonds is 4. The summed E-state index contributed by atoms with van der Waals surface area (Å²) in [5, 5.41) is 4.20. The maximum absolute atomic E-state index is 13.5. The third-order valence-electron chi connectivity index (χ3n) is 6.67. The summed E-state index contributed by atoms with van der Waals surface area (Å²) in [4.78, 5) is 34.0. The number of aromatic nitrogens is 3. The van der Waals surface area contributed by atoms with E-state index in [9.17, 15) is 9.59 Å². The van der Waals surface area contributed by atoms with Crippen LogP contribution in [0.5, 0.6) is 0 Å². The zero-order valence-electron chi connectivity index (χ0n) is 16.7. The van der Waals surface area contributed by atoms with Gasteiger partial charge in [0, 0.05) is 38.0 Å². The van der Waals surface area contributed by atoms with Gasteiger partial charge < -0.3 is 9.80 Å². The molecule has 0 bridgehead atoms. The molecular formula is C22H27N5O2. The second kappa shape index (κ2) is 7.28. The Kier molecular flexibility index (Phi) is 4.60. The molecule has 1 aromatic carbocycles. The van der Waals surface area contributed by atoms with Gasteiger partial charge in [-0.25, -0.2) is 9.67 Å². The molecule has 2 saturated heterocycles. The smallest absolute Gasteiger partial charge is 0.256 e. The highest BCUT2D eigenvalue weighted by Crippen LogP contribution is 2.41. The molecule has 29 heavy (non-hydrogen) atoms. The molecule has 152 valence electrons. The fourth-order valence-electron chi connectivity index (χ4n) is 4.95. The van der Waals surface area contributed by atoms with E-state index in [2.05, 4.69) is 15.0 Å². The molecule has 0 N–H and O–H groups in total. The van der Waals surface area contributed by atoms with Gasteiger partial charge in [-0.15, -0.1) is 0 Å². The highest BCUT2D eigenvalue weighted by atomic mass is 16.2. The number of hydrogen-bond donors (Lipinski definition) is 0. The molecule has 7 heteroatoms. The Balaban J connectivity index is 1.36. The van der Waals surface area contributed by atoms with Crippen LogP contribution in [0, 0.1) is 11.3 Å². The molecule has 1 aromatic heterocycles. The third kappa shape index (κ3) is 3.66. The van der Waals surface area contributed by atoms with Crippen molar-refractivity contribution in [3.63, 3.8) is 0 Å². The lowest BCUT2D eigenvalue weighted by Crippen LogP contribution is -2.55. The lowest BCUT2D eigenvalue weighted by Gasteiger charge is -2.48. The van der Waals surface area contributed by atoms with Crippen LogP contribution in [0.15, 0.2) is 36.9 Å². The summed E-state index contributed by atoms with van der Waals surface area (Å²) in [6.45, 7) is 3.20. The highest BCUT2D eigenvalue weighted by molar-refractivity contribution is 5.97. The van der Waals surface area contributed by atoms with Crippen molar-refractivity contribution in [1.29, 1.82) is 0 Å². The number of piperidine rings is 2. The number of amides is 2. The molecular weight excluding hydrogens is 366 g/mol. The van der Waals surface area contributed by atoms with Gasteiger partial charge in [0.2, 0.25) is 5.91 Å². The third-order valence-corrected chi connectivity index (χ3v) is 6.67. The molecule has 3 heterocycles.